The Morgan fingerprint density at radius 2 is 1.76 bits per heavy atom. The highest BCUT2D eigenvalue weighted by Gasteiger charge is 2.33. The maximum Gasteiger partial charge on any atom is 0.303 e. The molecular formula is C25H23N5O3S. The molecule has 0 atom stereocenters. The summed E-state index contributed by atoms with van der Waals surface area (Å²) in [6.07, 6.45) is 1.79. The number of nitrogens with one attached hydrogen (secondary N) is 1. The van der Waals surface area contributed by atoms with Crippen molar-refractivity contribution in [3.05, 3.63) is 84.1 Å². The molecular weight excluding hydrogens is 450 g/mol. The molecule has 0 aliphatic carbocycles. The van der Waals surface area contributed by atoms with Gasteiger partial charge in [-0.25, -0.2) is 9.97 Å². The molecule has 1 aliphatic rings. The molecule has 1 aliphatic heterocycles. The van der Waals surface area contributed by atoms with E-state index >= 15 is 0 Å². The maximum absolute atomic E-state index is 12.9. The first-order valence-electron chi connectivity index (χ1n) is 10.8. The number of rotatable bonds is 4. The predicted octanol–water partition coefficient (Wildman–Crippen LogP) is 3.85. The minimum Gasteiger partial charge on any atom is -0.322 e. The molecule has 1 fully saturated rings. The van der Waals surface area contributed by atoms with Crippen molar-refractivity contribution in [2.75, 3.05) is 29.8 Å². The van der Waals surface area contributed by atoms with Gasteiger partial charge in [0.05, 0.1) is 11.2 Å². The van der Waals surface area contributed by atoms with E-state index in [0.29, 0.717) is 35.9 Å². The minimum absolute atomic E-state index is 0.290. The average Bonchev–Trinajstić information content (AvgIpc) is 3.12. The van der Waals surface area contributed by atoms with Crippen LogP contribution < -0.4 is 9.62 Å². The lowest BCUT2D eigenvalue weighted by Crippen LogP contribution is -2.30. The third kappa shape index (κ3) is 4.00. The van der Waals surface area contributed by atoms with Gasteiger partial charge in [0.2, 0.25) is 0 Å². The quantitative estimate of drug-likeness (QED) is 0.486. The Balaban J connectivity index is 1.37. The number of hydrogen-bond donors (Lipinski definition) is 1. The smallest absolute Gasteiger partial charge is 0.303 e. The van der Waals surface area contributed by atoms with Gasteiger partial charge in [-0.3, -0.25) is 9.10 Å². The van der Waals surface area contributed by atoms with E-state index < -0.39 is 10.2 Å². The second-order valence-corrected chi connectivity index (χ2v) is 10.1. The highest BCUT2D eigenvalue weighted by Crippen LogP contribution is 2.27. The van der Waals surface area contributed by atoms with E-state index in [9.17, 15) is 13.2 Å². The summed E-state index contributed by atoms with van der Waals surface area (Å²) >= 11 is 0. The number of fused-ring (bicyclic) bond motifs is 1. The van der Waals surface area contributed by atoms with Crippen molar-refractivity contribution in [1.29, 1.82) is 0 Å². The molecule has 1 aromatic heterocycles. The van der Waals surface area contributed by atoms with E-state index in [1.54, 1.807) is 37.5 Å². The number of likely N-dealkylation sites (N-methyl/N-ethyl adjacent to an activating group) is 1. The number of nitrogens with zero attached hydrogens (tertiary/aromatic N) is 4. The topological polar surface area (TPSA) is 95.5 Å². The maximum atomic E-state index is 12.9. The number of carbonyl (C=O) groups excluding carboxylic acids is 1. The molecule has 0 bridgehead atoms. The fraction of sp³-hybridized carbons (Fsp3) is 0.160. The van der Waals surface area contributed by atoms with Gasteiger partial charge in [-0.15, -0.1) is 0 Å². The highest BCUT2D eigenvalue weighted by molar-refractivity contribution is 7.90. The summed E-state index contributed by atoms with van der Waals surface area (Å²) in [7, 11) is -1.94. The molecule has 1 N–H and O–H groups in total. The largest absolute Gasteiger partial charge is 0.322 e. The van der Waals surface area contributed by atoms with Crippen molar-refractivity contribution < 1.29 is 13.2 Å². The number of amides is 1. The Morgan fingerprint density at radius 3 is 2.50 bits per heavy atom. The van der Waals surface area contributed by atoms with Crippen LogP contribution in [0.5, 0.6) is 0 Å². The normalized spacial score (nSPS) is 15.5. The first kappa shape index (κ1) is 22.0. The Bertz CT molecular complexity index is 1500. The summed E-state index contributed by atoms with van der Waals surface area (Å²) in [6.45, 7) is 2.79. The van der Waals surface area contributed by atoms with E-state index in [1.807, 2.05) is 49.4 Å². The van der Waals surface area contributed by atoms with Gasteiger partial charge in [0.1, 0.15) is 0 Å². The first-order chi connectivity index (χ1) is 16.3. The van der Waals surface area contributed by atoms with E-state index in [0.717, 1.165) is 22.0 Å². The SMILES string of the molecule is Cc1ccc(NC(=O)c2ccc(N3CCN(C)S3(=O)=O)cc2)cc1-c1ncc2ccccc2n1. The van der Waals surface area contributed by atoms with Crippen LogP contribution in [0.3, 0.4) is 0 Å². The standard InChI is InChI=1S/C25H23N5O3S/c1-17-7-10-20(15-22(17)24-26-16-19-5-3-4-6-23(19)28-24)27-25(31)18-8-11-21(12-9-18)30-14-13-29(2)34(30,32)33/h3-12,15-16H,13-14H2,1-2H3,(H,27,31). The van der Waals surface area contributed by atoms with E-state index in [4.69, 9.17) is 0 Å². The summed E-state index contributed by atoms with van der Waals surface area (Å²) in [6, 6.07) is 19.9. The summed E-state index contributed by atoms with van der Waals surface area (Å²) in [4.78, 5) is 22.0. The third-order valence-corrected chi connectivity index (χ3v) is 7.85. The van der Waals surface area contributed by atoms with Crippen LogP contribution in [0.15, 0.2) is 72.9 Å². The summed E-state index contributed by atoms with van der Waals surface area (Å²) in [5, 5.41) is 3.87. The molecule has 0 saturated carbocycles. The molecule has 9 heteroatoms. The van der Waals surface area contributed by atoms with Gasteiger partial charge in [0, 0.05) is 48.5 Å². The van der Waals surface area contributed by atoms with Crippen LogP contribution in [-0.2, 0) is 10.2 Å². The molecule has 1 saturated heterocycles. The first-order valence-corrected chi connectivity index (χ1v) is 12.2. The lowest BCUT2D eigenvalue weighted by Gasteiger charge is -2.18. The van der Waals surface area contributed by atoms with Crippen molar-refractivity contribution in [2.45, 2.75) is 6.92 Å². The number of hydrogen-bond acceptors (Lipinski definition) is 5. The van der Waals surface area contributed by atoms with E-state index in [-0.39, 0.29) is 5.91 Å². The lowest BCUT2D eigenvalue weighted by molar-refractivity contribution is 0.102. The van der Waals surface area contributed by atoms with Gasteiger partial charge in [-0.2, -0.15) is 12.7 Å². The van der Waals surface area contributed by atoms with Crippen LogP contribution in [0, 0.1) is 6.92 Å². The van der Waals surface area contributed by atoms with Crippen LogP contribution in [0.25, 0.3) is 22.3 Å². The second-order valence-electron chi connectivity index (χ2n) is 8.18. The number of anilines is 2. The van der Waals surface area contributed by atoms with Gasteiger partial charge in [0.25, 0.3) is 5.91 Å². The molecule has 34 heavy (non-hydrogen) atoms. The fourth-order valence-electron chi connectivity index (χ4n) is 3.92. The molecule has 0 spiro atoms. The highest BCUT2D eigenvalue weighted by atomic mass is 32.2. The van der Waals surface area contributed by atoms with Crippen molar-refractivity contribution in [3.63, 3.8) is 0 Å². The number of benzene rings is 3. The van der Waals surface area contributed by atoms with Crippen LogP contribution in [0.4, 0.5) is 11.4 Å². The summed E-state index contributed by atoms with van der Waals surface area (Å²) < 4.78 is 27.4. The molecule has 8 nitrogen and oxygen atoms in total. The Morgan fingerprint density at radius 1 is 1.00 bits per heavy atom. The molecule has 4 aromatic rings. The number of aromatic nitrogens is 2. The van der Waals surface area contributed by atoms with Crippen molar-refractivity contribution in [1.82, 2.24) is 14.3 Å². The van der Waals surface area contributed by atoms with E-state index in [2.05, 4.69) is 15.3 Å². The molecule has 1 amide bonds. The molecule has 172 valence electrons. The van der Waals surface area contributed by atoms with Gasteiger partial charge >= 0.3 is 10.2 Å². The van der Waals surface area contributed by atoms with Crippen LogP contribution >= 0.6 is 0 Å². The summed E-state index contributed by atoms with van der Waals surface area (Å²) in [5.74, 6) is 0.302. The minimum atomic E-state index is -3.50. The number of aryl methyl sites for hydroxylation is 1. The fourth-order valence-corrected chi connectivity index (χ4v) is 5.27. The molecule has 0 unspecified atom stereocenters. The third-order valence-electron chi connectivity index (χ3n) is 5.93. The Hall–Kier alpha value is -3.82. The molecule has 3 aromatic carbocycles. The molecule has 2 heterocycles. The summed E-state index contributed by atoms with van der Waals surface area (Å²) in [5.41, 5.74) is 4.27. The van der Waals surface area contributed by atoms with Gasteiger partial charge < -0.3 is 5.32 Å². The van der Waals surface area contributed by atoms with Crippen LogP contribution in [0.1, 0.15) is 15.9 Å². The average molecular weight is 474 g/mol. The van der Waals surface area contributed by atoms with Crippen LogP contribution in [-0.4, -0.2) is 48.7 Å². The van der Waals surface area contributed by atoms with Crippen molar-refractivity contribution >= 4 is 38.4 Å². The van der Waals surface area contributed by atoms with Gasteiger partial charge in [0.15, 0.2) is 5.82 Å². The zero-order valence-corrected chi connectivity index (χ0v) is 19.6. The zero-order chi connectivity index (χ0) is 23.9. The number of para-hydroxylation sites is 1. The van der Waals surface area contributed by atoms with Gasteiger partial charge in [-0.1, -0.05) is 24.3 Å². The molecule has 5 rings (SSSR count). The molecule has 0 radical (unpaired) electrons. The van der Waals surface area contributed by atoms with Crippen molar-refractivity contribution in [3.8, 4) is 11.4 Å². The van der Waals surface area contributed by atoms with Crippen molar-refractivity contribution in [2.24, 2.45) is 0 Å². The lowest BCUT2D eigenvalue weighted by atomic mass is 10.1. The monoisotopic (exact) mass is 473 g/mol. The van der Waals surface area contributed by atoms with E-state index in [1.165, 1.54) is 8.61 Å². The van der Waals surface area contributed by atoms with Gasteiger partial charge in [-0.05, 0) is 55.0 Å². The Labute approximate surface area is 198 Å². The second kappa shape index (κ2) is 8.51. The zero-order valence-electron chi connectivity index (χ0n) is 18.8. The predicted molar refractivity (Wildman–Crippen MR) is 133 cm³/mol. The van der Waals surface area contributed by atoms with Crippen LogP contribution in [0.2, 0.25) is 0 Å². The Kier molecular flexibility index (Phi) is 5.51. The number of carbonyl (C=O) groups is 1.